The number of H-pyrrole nitrogens is 1. The molecule has 1 heterocycles. The highest BCUT2D eigenvalue weighted by Gasteiger charge is 2.13. The smallest absolute Gasteiger partial charge is 0.257 e. The van der Waals surface area contributed by atoms with E-state index in [0.717, 1.165) is 17.7 Å². The van der Waals surface area contributed by atoms with E-state index < -0.39 is 5.91 Å². The van der Waals surface area contributed by atoms with E-state index in [1.807, 2.05) is 43.4 Å². The van der Waals surface area contributed by atoms with Gasteiger partial charge in [-0.05, 0) is 35.9 Å². The summed E-state index contributed by atoms with van der Waals surface area (Å²) in [6.07, 6.45) is 1.46. The fraction of sp³-hybridized carbons (Fsp3) is 0.238. The number of carbonyl (C=O) groups excluding carboxylic acids is 1. The number of aromatic nitrogens is 1. The predicted octanol–water partition coefficient (Wildman–Crippen LogP) is 2.32. The first-order valence-corrected chi connectivity index (χ1v) is 8.76. The zero-order valence-electron chi connectivity index (χ0n) is 15.5. The number of fused-ring (bicyclic) bond motifs is 1. The van der Waals surface area contributed by atoms with Gasteiger partial charge in [0.1, 0.15) is 5.56 Å². The average molecular weight is 365 g/mol. The minimum Gasteiger partial charge on any atom is -0.380 e. The number of nitrogens with one attached hydrogen (secondary N) is 3. The van der Waals surface area contributed by atoms with Gasteiger partial charge in [-0.1, -0.05) is 30.3 Å². The van der Waals surface area contributed by atoms with E-state index in [2.05, 4.69) is 15.6 Å². The quantitative estimate of drug-likeness (QED) is 0.600. The van der Waals surface area contributed by atoms with Crippen LogP contribution in [-0.2, 0) is 24.4 Å². The maximum atomic E-state index is 12.7. The normalized spacial score (nSPS) is 10.9. The average Bonchev–Trinajstić information content (AvgIpc) is 2.68. The van der Waals surface area contributed by atoms with Gasteiger partial charge in [-0.25, -0.2) is 0 Å². The van der Waals surface area contributed by atoms with E-state index in [1.165, 1.54) is 11.8 Å². The fourth-order valence-electron chi connectivity index (χ4n) is 2.95. The molecule has 0 fully saturated rings. The van der Waals surface area contributed by atoms with Gasteiger partial charge in [-0.2, -0.15) is 0 Å². The van der Waals surface area contributed by atoms with Crippen LogP contribution in [0.5, 0.6) is 0 Å². The molecule has 1 amide bonds. The maximum Gasteiger partial charge on any atom is 0.257 e. The summed E-state index contributed by atoms with van der Waals surface area (Å²) in [5, 5.41) is 6.38. The lowest BCUT2D eigenvalue weighted by atomic mass is 10.1. The van der Waals surface area contributed by atoms with Gasteiger partial charge in [0.25, 0.3) is 5.91 Å². The molecule has 0 bridgehead atoms. The third-order valence-electron chi connectivity index (χ3n) is 4.36. The molecule has 2 aromatic carbocycles. The molecule has 140 valence electrons. The largest absolute Gasteiger partial charge is 0.380 e. The molecule has 0 aliphatic carbocycles. The zero-order valence-corrected chi connectivity index (χ0v) is 15.5. The highest BCUT2D eigenvalue weighted by atomic mass is 16.5. The highest BCUT2D eigenvalue weighted by Crippen LogP contribution is 2.12. The Bertz CT molecular complexity index is 994. The van der Waals surface area contributed by atoms with Gasteiger partial charge < -0.3 is 20.4 Å². The van der Waals surface area contributed by atoms with Gasteiger partial charge in [0.05, 0.1) is 6.61 Å². The minimum atomic E-state index is -0.394. The Morgan fingerprint density at radius 2 is 1.70 bits per heavy atom. The SMILES string of the molecule is CNCc1ccc(CNC(=O)c2c[nH]c3ccc(COC)cc3c2=O)cc1. The predicted molar refractivity (Wildman–Crippen MR) is 106 cm³/mol. The molecule has 0 saturated heterocycles. The molecule has 6 nitrogen and oxygen atoms in total. The summed E-state index contributed by atoms with van der Waals surface area (Å²) in [5.74, 6) is -0.394. The Labute approximate surface area is 157 Å². The minimum absolute atomic E-state index is 0.101. The molecule has 0 atom stereocenters. The first-order chi connectivity index (χ1) is 13.1. The second-order valence-corrected chi connectivity index (χ2v) is 6.37. The Morgan fingerprint density at radius 3 is 2.37 bits per heavy atom. The molecular weight excluding hydrogens is 342 g/mol. The van der Waals surface area contributed by atoms with Gasteiger partial charge >= 0.3 is 0 Å². The van der Waals surface area contributed by atoms with Gasteiger partial charge in [0.2, 0.25) is 5.43 Å². The van der Waals surface area contributed by atoms with E-state index in [0.29, 0.717) is 24.1 Å². The Morgan fingerprint density at radius 1 is 1.04 bits per heavy atom. The van der Waals surface area contributed by atoms with E-state index in [1.54, 1.807) is 13.2 Å². The number of hydrogen-bond acceptors (Lipinski definition) is 4. The van der Waals surface area contributed by atoms with Crippen LogP contribution in [-0.4, -0.2) is 25.0 Å². The van der Waals surface area contributed by atoms with Crippen LogP contribution in [0.3, 0.4) is 0 Å². The van der Waals surface area contributed by atoms with Crippen LogP contribution in [0.1, 0.15) is 27.0 Å². The van der Waals surface area contributed by atoms with Crippen LogP contribution >= 0.6 is 0 Å². The molecule has 0 radical (unpaired) electrons. The van der Waals surface area contributed by atoms with Crippen molar-refractivity contribution in [3.05, 3.63) is 81.1 Å². The molecule has 3 N–H and O–H groups in total. The molecule has 6 heteroatoms. The molecule has 3 rings (SSSR count). The van der Waals surface area contributed by atoms with Crippen molar-refractivity contribution in [3.63, 3.8) is 0 Å². The summed E-state index contributed by atoms with van der Waals surface area (Å²) in [6, 6.07) is 13.4. The molecule has 0 aliphatic heterocycles. The van der Waals surface area contributed by atoms with E-state index in [4.69, 9.17) is 4.74 Å². The first kappa shape index (κ1) is 18.8. The number of benzene rings is 2. The molecule has 0 aliphatic rings. The van der Waals surface area contributed by atoms with Crippen molar-refractivity contribution in [2.75, 3.05) is 14.2 Å². The summed E-state index contributed by atoms with van der Waals surface area (Å²) in [6.45, 7) is 1.57. The first-order valence-electron chi connectivity index (χ1n) is 8.76. The number of methoxy groups -OCH3 is 1. The molecule has 27 heavy (non-hydrogen) atoms. The number of amides is 1. The van der Waals surface area contributed by atoms with Crippen molar-refractivity contribution in [1.82, 2.24) is 15.6 Å². The monoisotopic (exact) mass is 365 g/mol. The highest BCUT2D eigenvalue weighted by molar-refractivity contribution is 5.97. The van der Waals surface area contributed by atoms with Crippen LogP contribution in [0.4, 0.5) is 0 Å². The lowest BCUT2D eigenvalue weighted by molar-refractivity contribution is 0.0949. The molecular formula is C21H23N3O3. The van der Waals surface area contributed by atoms with Crippen molar-refractivity contribution in [3.8, 4) is 0 Å². The molecule has 3 aromatic rings. The summed E-state index contributed by atoms with van der Waals surface area (Å²) in [4.78, 5) is 28.2. The topological polar surface area (TPSA) is 83.2 Å². The number of hydrogen-bond donors (Lipinski definition) is 3. The van der Waals surface area contributed by atoms with Crippen LogP contribution in [0.25, 0.3) is 10.9 Å². The Hall–Kier alpha value is -2.96. The number of aromatic amines is 1. The van der Waals surface area contributed by atoms with Crippen molar-refractivity contribution in [2.24, 2.45) is 0 Å². The summed E-state index contributed by atoms with van der Waals surface area (Å²) < 4.78 is 5.11. The lowest BCUT2D eigenvalue weighted by Gasteiger charge is -2.08. The second kappa shape index (κ2) is 8.62. The number of pyridine rings is 1. The van der Waals surface area contributed by atoms with Crippen molar-refractivity contribution in [2.45, 2.75) is 19.7 Å². The van der Waals surface area contributed by atoms with Gasteiger partial charge in [-0.3, -0.25) is 9.59 Å². The Balaban J connectivity index is 1.76. The van der Waals surface area contributed by atoms with Crippen molar-refractivity contribution >= 4 is 16.8 Å². The molecule has 0 spiro atoms. The zero-order chi connectivity index (χ0) is 19.2. The number of ether oxygens (including phenoxy) is 1. The van der Waals surface area contributed by atoms with E-state index >= 15 is 0 Å². The van der Waals surface area contributed by atoms with Crippen LogP contribution in [0, 0.1) is 0 Å². The number of rotatable bonds is 7. The summed E-state index contributed by atoms with van der Waals surface area (Å²) in [7, 11) is 3.50. The third-order valence-corrected chi connectivity index (χ3v) is 4.36. The molecule has 0 saturated carbocycles. The van der Waals surface area contributed by atoms with Crippen LogP contribution in [0.2, 0.25) is 0 Å². The van der Waals surface area contributed by atoms with Gasteiger partial charge in [-0.15, -0.1) is 0 Å². The fourth-order valence-corrected chi connectivity index (χ4v) is 2.95. The number of carbonyl (C=O) groups is 1. The van der Waals surface area contributed by atoms with Gasteiger partial charge in [0.15, 0.2) is 0 Å². The van der Waals surface area contributed by atoms with Crippen molar-refractivity contribution < 1.29 is 9.53 Å². The molecule has 1 aromatic heterocycles. The van der Waals surface area contributed by atoms with Crippen LogP contribution in [0.15, 0.2) is 53.5 Å². The van der Waals surface area contributed by atoms with Crippen LogP contribution < -0.4 is 16.1 Å². The van der Waals surface area contributed by atoms with E-state index in [9.17, 15) is 9.59 Å². The lowest BCUT2D eigenvalue weighted by Crippen LogP contribution is -2.28. The van der Waals surface area contributed by atoms with E-state index in [-0.39, 0.29) is 11.0 Å². The van der Waals surface area contributed by atoms with Crippen molar-refractivity contribution in [1.29, 1.82) is 0 Å². The summed E-state index contributed by atoms with van der Waals surface area (Å²) in [5.41, 5.74) is 3.53. The Kier molecular flexibility index (Phi) is 6.01. The maximum absolute atomic E-state index is 12.7. The standard InChI is InChI=1S/C21H23N3O3/c1-22-10-14-3-5-15(6-4-14)11-24-21(26)18-12-23-19-8-7-16(13-27-2)9-17(19)20(18)25/h3-9,12,22H,10-11,13H2,1-2H3,(H,23,25)(H,24,26). The second-order valence-electron chi connectivity index (χ2n) is 6.37. The summed E-state index contributed by atoms with van der Waals surface area (Å²) >= 11 is 0. The molecule has 0 unspecified atom stereocenters. The van der Waals surface area contributed by atoms with Gasteiger partial charge in [0, 0.05) is 37.3 Å². The third kappa shape index (κ3) is 4.42.